The molecule has 0 aliphatic rings. The van der Waals surface area contributed by atoms with Gasteiger partial charge in [-0.25, -0.2) is 4.31 Å². The van der Waals surface area contributed by atoms with Crippen LogP contribution in [0.25, 0.3) is 0 Å². The Bertz CT molecular complexity index is 1720. The van der Waals surface area contributed by atoms with E-state index in [0.717, 1.165) is 52.6 Å². The van der Waals surface area contributed by atoms with Gasteiger partial charge in [0, 0.05) is 5.41 Å². The molecule has 10 heteroatoms. The van der Waals surface area contributed by atoms with E-state index in [1.54, 1.807) is 0 Å². The minimum Gasteiger partial charge on any atom is -0.508 e. The Hall–Kier alpha value is -2.28. The van der Waals surface area contributed by atoms with Crippen molar-refractivity contribution in [1.82, 2.24) is 0 Å². The minimum absolute atomic E-state index is 0.168. The molecule has 1 unspecified atom stereocenters. The van der Waals surface area contributed by atoms with E-state index in [1.807, 2.05) is 18.2 Å². The number of phenolic OH excluding ortho intramolecular Hbond substituents is 3. The van der Waals surface area contributed by atoms with Gasteiger partial charge in [-0.2, -0.15) is 0 Å². The van der Waals surface area contributed by atoms with Crippen molar-refractivity contribution in [2.45, 2.75) is 214 Å². The Kier molecular flexibility index (Phi) is 21.7. The number of hydrogen-bond donors (Lipinski definition) is 7. The Morgan fingerprint density at radius 1 is 0.475 bits per heavy atom. The Labute approximate surface area is 373 Å². The number of aromatic hydroxyl groups is 3. The molecule has 0 heterocycles. The molecule has 0 aromatic heterocycles. The summed E-state index contributed by atoms with van der Waals surface area (Å²) in [6.45, 7) is 30.8. The summed E-state index contributed by atoms with van der Waals surface area (Å²) in [6, 6.07) is 12.9. The molecule has 0 fully saturated rings. The summed E-state index contributed by atoms with van der Waals surface area (Å²) in [5.41, 5.74) is 9.02. The van der Waals surface area contributed by atoms with E-state index in [1.165, 1.54) is 87.3 Å². The van der Waals surface area contributed by atoms with E-state index >= 15 is 0 Å². The summed E-state index contributed by atoms with van der Waals surface area (Å²) in [5.74, 6) is 1.25. The maximum absolute atomic E-state index is 11.4. The molecule has 61 heavy (non-hydrogen) atoms. The number of rotatable bonds is 20. The van der Waals surface area contributed by atoms with Crippen LogP contribution in [-0.4, -0.2) is 34.9 Å². The van der Waals surface area contributed by atoms with Crippen molar-refractivity contribution in [2.75, 3.05) is 0 Å². The third-order valence-electron chi connectivity index (χ3n) is 12.3. The largest absolute Gasteiger partial charge is 0.508 e. The fraction of sp³-hybridized carbons (Fsp3) is 0.647. The lowest BCUT2D eigenvalue weighted by molar-refractivity contribution is 0.324. The van der Waals surface area contributed by atoms with Crippen LogP contribution in [0.4, 0.5) is 0 Å². The van der Waals surface area contributed by atoms with Crippen LogP contribution in [0.3, 0.4) is 0 Å². The third kappa shape index (κ3) is 16.7. The van der Waals surface area contributed by atoms with Crippen LogP contribution in [0.2, 0.25) is 0 Å². The second kappa shape index (κ2) is 24.1. The molecule has 7 N–H and O–H groups in total. The maximum atomic E-state index is 11.4. The summed E-state index contributed by atoms with van der Waals surface area (Å²) >= 11 is 0. The predicted molar refractivity (Wildman–Crippen MR) is 258 cm³/mol. The number of hydrogen-bond acceptors (Lipinski definition) is 8. The fourth-order valence-electron chi connectivity index (χ4n) is 9.16. The zero-order valence-electron chi connectivity index (χ0n) is 40.4. The quantitative estimate of drug-likeness (QED) is 0.0438. The summed E-state index contributed by atoms with van der Waals surface area (Å²) < 4.78 is 3.60. The highest BCUT2D eigenvalue weighted by Gasteiger charge is 2.41. The predicted octanol–water partition coefficient (Wildman–Crippen LogP) is 14.6. The van der Waals surface area contributed by atoms with Crippen molar-refractivity contribution in [3.8, 4) is 17.2 Å². The molecule has 0 saturated carbocycles. The highest BCUT2D eigenvalue weighted by molar-refractivity contribution is 7.53. The van der Waals surface area contributed by atoms with Gasteiger partial charge in [0.15, 0.2) is 0 Å². The van der Waals surface area contributed by atoms with Gasteiger partial charge in [0.1, 0.15) is 17.2 Å². The van der Waals surface area contributed by atoms with Gasteiger partial charge in [0.2, 0.25) is 0 Å². The lowest BCUT2D eigenvalue weighted by Gasteiger charge is -2.42. The van der Waals surface area contributed by atoms with Gasteiger partial charge in [0.25, 0.3) is 0 Å². The van der Waals surface area contributed by atoms with Gasteiger partial charge in [-0.1, -0.05) is 171 Å². The first-order valence-electron chi connectivity index (χ1n) is 22.7. The molecule has 0 spiro atoms. The Balaban J connectivity index is 0.00000168. The molecule has 3 rings (SSSR count). The summed E-state index contributed by atoms with van der Waals surface area (Å²) in [7, 11) is -5.22. The monoisotopic (exact) mass is 887 g/mol. The lowest BCUT2D eigenvalue weighted by Crippen LogP contribution is -2.33. The highest BCUT2D eigenvalue weighted by atomic mass is 31.2. The molecule has 8 nitrogen and oxygen atoms in total. The molecule has 0 saturated heterocycles. The first kappa shape index (κ1) is 54.9. The third-order valence-corrected chi connectivity index (χ3v) is 13.5. The van der Waals surface area contributed by atoms with Gasteiger partial charge in [-0.3, -0.25) is 0 Å². The van der Waals surface area contributed by atoms with Crippen LogP contribution in [0, 0.1) is 20.8 Å². The van der Waals surface area contributed by atoms with Gasteiger partial charge in [-0.15, -0.1) is 0 Å². The summed E-state index contributed by atoms with van der Waals surface area (Å²) in [6.07, 6.45) is 17.5. The van der Waals surface area contributed by atoms with Crippen molar-refractivity contribution in [3.05, 3.63) is 86.5 Å². The van der Waals surface area contributed by atoms with Gasteiger partial charge < -0.3 is 34.9 Å². The Morgan fingerprint density at radius 2 is 0.803 bits per heavy atom. The zero-order valence-corrected chi connectivity index (χ0v) is 42.2. The van der Waals surface area contributed by atoms with Gasteiger partial charge >= 0.3 is 17.2 Å². The molecular formula is C51H84O8P2. The number of unbranched alkanes of at least 4 members (excludes halogenated alkanes) is 11. The van der Waals surface area contributed by atoms with Crippen molar-refractivity contribution >= 4 is 17.2 Å². The second-order valence-corrected chi connectivity index (χ2v) is 22.4. The van der Waals surface area contributed by atoms with Crippen LogP contribution in [0.15, 0.2) is 36.4 Å². The summed E-state index contributed by atoms with van der Waals surface area (Å²) in [5, 5.41) is 33.9. The molecule has 3 aromatic carbocycles. The molecule has 0 bridgehead atoms. The van der Waals surface area contributed by atoms with E-state index in [9.17, 15) is 15.3 Å². The van der Waals surface area contributed by atoms with Crippen molar-refractivity contribution in [2.24, 2.45) is 0 Å². The van der Waals surface area contributed by atoms with E-state index in [-0.39, 0.29) is 27.6 Å². The van der Waals surface area contributed by atoms with Crippen LogP contribution in [0.1, 0.15) is 222 Å². The highest BCUT2D eigenvalue weighted by Crippen LogP contribution is 2.52. The molecule has 0 radical (unpaired) electrons. The molecule has 346 valence electrons. The van der Waals surface area contributed by atoms with Crippen LogP contribution in [-0.2, 0) is 26.0 Å². The average molecular weight is 887 g/mol. The maximum Gasteiger partial charge on any atom is 0.334 e. The van der Waals surface area contributed by atoms with Crippen molar-refractivity contribution < 1.29 is 39.2 Å². The lowest BCUT2D eigenvalue weighted by atomic mass is 9.62. The Morgan fingerprint density at radius 3 is 1.13 bits per heavy atom. The van der Waals surface area contributed by atoms with Crippen LogP contribution < -0.4 is 0 Å². The molecule has 0 amide bonds. The van der Waals surface area contributed by atoms with Crippen LogP contribution in [0.5, 0.6) is 17.2 Å². The van der Waals surface area contributed by atoms with E-state index in [0.29, 0.717) is 17.2 Å². The number of benzene rings is 3. The molecule has 1 atom stereocenters. The summed E-state index contributed by atoms with van der Waals surface area (Å²) in [4.78, 5) is 31.3. The van der Waals surface area contributed by atoms with Crippen molar-refractivity contribution in [1.29, 1.82) is 0 Å². The normalized spacial score (nSPS) is 13.2. The number of aryl methyl sites for hydroxylation is 3. The minimum atomic E-state index is -2.61. The molecule has 3 aromatic rings. The molecule has 0 aliphatic heterocycles. The smallest absolute Gasteiger partial charge is 0.334 e. The van der Waals surface area contributed by atoms with E-state index in [4.69, 9.17) is 19.6 Å². The van der Waals surface area contributed by atoms with Gasteiger partial charge in [-0.05, 0) is 124 Å². The van der Waals surface area contributed by atoms with Crippen LogP contribution >= 0.6 is 17.2 Å². The van der Waals surface area contributed by atoms with E-state index in [2.05, 4.69) is 119 Å². The topological polar surface area (TPSA) is 151 Å². The molecular weight excluding hydrogens is 803 g/mol. The SMILES string of the molecule is CCCCCCCCCCCCCCC(CC(C)c1cc(C(C)(C)C)c(O)cc1C)(c1cc(C(C)(C)C)c(O)cc1C)c1cc(C(C)(C)C)c(O)cc1C.OP(O)OP(O)O. The fourth-order valence-corrected chi connectivity index (χ4v) is 9.68. The van der Waals surface area contributed by atoms with Gasteiger partial charge in [0.05, 0.1) is 0 Å². The first-order chi connectivity index (χ1) is 28.2. The first-order valence-corrected chi connectivity index (χ1v) is 25.1. The zero-order chi connectivity index (χ0) is 46.5. The van der Waals surface area contributed by atoms with Crippen molar-refractivity contribution in [3.63, 3.8) is 0 Å². The number of phenols is 3. The van der Waals surface area contributed by atoms with E-state index < -0.39 is 17.2 Å². The second-order valence-electron chi connectivity index (χ2n) is 20.8. The average Bonchev–Trinajstić information content (AvgIpc) is 3.09. The molecule has 0 aliphatic carbocycles. The standard InChI is InChI=1S/C51H80O3.H4O5P2/c1-15-16-17-18-19-20-21-22-23-24-25-26-27-51(40-32-43(49(9,10)11)46(53)29-36(40)3,41-33-44(50(12,13)14)47(54)30-37(41)4)34-38(5)39-31-42(48(6,7)8)45(52)28-35(39)2;1-6(2)5-7(3)4/h28-33,38,52-54H,15-27,34H2,1-14H3;1-4H.